The van der Waals surface area contributed by atoms with E-state index < -0.39 is 63.7 Å². The molecule has 2 N–H and O–H groups in total. The molecule has 4 atom stereocenters. The number of rotatable bonds is 8. The molecular weight excluding hydrogens is 528 g/mol. The third-order valence-corrected chi connectivity index (χ3v) is 9.19. The minimum Gasteiger partial charge on any atom is -0.395 e. The Bertz CT molecular complexity index is 1380. The number of sulfone groups is 1. The average molecular weight is 555 g/mol. The van der Waals surface area contributed by atoms with Crippen molar-refractivity contribution in [1.29, 1.82) is 0 Å². The van der Waals surface area contributed by atoms with Crippen LogP contribution in [0.3, 0.4) is 0 Å². The molecule has 3 fully saturated rings. The Morgan fingerprint density at radius 2 is 1.84 bits per heavy atom. The van der Waals surface area contributed by atoms with Crippen LogP contribution in [0.2, 0.25) is 0 Å². The van der Waals surface area contributed by atoms with Gasteiger partial charge in [-0.2, -0.15) is 13.2 Å². The van der Waals surface area contributed by atoms with Crippen molar-refractivity contribution in [3.8, 4) is 0 Å². The van der Waals surface area contributed by atoms with Crippen LogP contribution in [0.4, 0.5) is 17.6 Å². The number of likely N-dealkylation sites (tertiary alicyclic amines) is 1. The van der Waals surface area contributed by atoms with Crippen LogP contribution in [0, 0.1) is 17.7 Å². The van der Waals surface area contributed by atoms with Crippen LogP contribution < -0.4 is 5.32 Å². The maximum Gasteiger partial charge on any atom is 0.416 e. The Hall–Kier alpha value is -2.99. The van der Waals surface area contributed by atoms with Crippen molar-refractivity contribution in [1.82, 2.24) is 10.2 Å². The van der Waals surface area contributed by atoms with Crippen molar-refractivity contribution in [3.05, 3.63) is 65.0 Å². The number of carbonyl (C=O) groups excluding carboxylic acids is 2. The lowest BCUT2D eigenvalue weighted by Gasteiger charge is -2.29. The van der Waals surface area contributed by atoms with E-state index in [0.29, 0.717) is 31.7 Å². The summed E-state index contributed by atoms with van der Waals surface area (Å²) in [5.74, 6) is -2.60. The van der Waals surface area contributed by atoms with Crippen molar-refractivity contribution < 1.29 is 40.7 Å². The van der Waals surface area contributed by atoms with Crippen molar-refractivity contribution in [2.24, 2.45) is 11.8 Å². The van der Waals surface area contributed by atoms with Gasteiger partial charge in [0.1, 0.15) is 11.9 Å². The first-order chi connectivity index (χ1) is 17.9. The molecule has 0 unspecified atom stereocenters. The molecule has 12 heteroatoms. The zero-order valence-corrected chi connectivity index (χ0v) is 20.9. The summed E-state index contributed by atoms with van der Waals surface area (Å²) >= 11 is 0. The first kappa shape index (κ1) is 26.6. The maximum atomic E-state index is 14.8. The molecule has 3 aliphatic rings. The molecule has 2 amide bonds. The maximum absolute atomic E-state index is 14.8. The molecule has 2 saturated carbocycles. The average Bonchev–Trinajstić information content (AvgIpc) is 3.79. The molecule has 2 aromatic carbocycles. The molecule has 0 bridgehead atoms. The number of fused-ring (bicyclic) bond motifs is 1. The number of alkyl halides is 3. The summed E-state index contributed by atoms with van der Waals surface area (Å²) in [6.45, 7) is -0.569. The number of carbonyl (C=O) groups is 2. The second kappa shape index (κ2) is 9.64. The number of hydrogen-bond acceptors (Lipinski definition) is 5. The smallest absolute Gasteiger partial charge is 0.395 e. The molecule has 1 saturated heterocycles. The highest BCUT2D eigenvalue weighted by Crippen LogP contribution is 2.49. The van der Waals surface area contributed by atoms with Gasteiger partial charge in [-0.1, -0.05) is 12.1 Å². The number of amides is 2. The van der Waals surface area contributed by atoms with E-state index in [2.05, 4.69) is 5.32 Å². The van der Waals surface area contributed by atoms with Gasteiger partial charge in [0.15, 0.2) is 9.84 Å². The van der Waals surface area contributed by atoms with E-state index in [-0.39, 0.29) is 33.9 Å². The summed E-state index contributed by atoms with van der Waals surface area (Å²) in [6, 6.07) is 5.81. The predicted octanol–water partition coefficient (Wildman–Crippen LogP) is 3.48. The van der Waals surface area contributed by atoms with Crippen molar-refractivity contribution >= 4 is 21.7 Å². The third kappa shape index (κ3) is 5.15. The number of halogens is 4. The van der Waals surface area contributed by atoms with Crippen LogP contribution in [0.15, 0.2) is 47.4 Å². The Kier molecular flexibility index (Phi) is 6.75. The van der Waals surface area contributed by atoms with Gasteiger partial charge in [0.2, 0.25) is 5.91 Å². The van der Waals surface area contributed by atoms with E-state index in [4.69, 9.17) is 5.11 Å². The van der Waals surface area contributed by atoms with Crippen LogP contribution in [-0.2, 0) is 20.8 Å². The molecule has 7 nitrogen and oxygen atoms in total. The summed E-state index contributed by atoms with van der Waals surface area (Å²) in [5, 5.41) is 11.8. The molecular formula is C26H26F4N2O5S. The fourth-order valence-corrected chi connectivity index (χ4v) is 6.34. The van der Waals surface area contributed by atoms with Crippen LogP contribution in [0.5, 0.6) is 0 Å². The minimum atomic E-state index is -4.70. The normalized spacial score (nSPS) is 23.6. The molecule has 1 aliphatic heterocycles. The number of hydrogen-bond donors (Lipinski definition) is 2. The van der Waals surface area contributed by atoms with Crippen molar-refractivity contribution in [3.63, 3.8) is 0 Å². The van der Waals surface area contributed by atoms with Crippen molar-refractivity contribution in [2.45, 2.75) is 54.9 Å². The molecule has 1 heterocycles. The summed E-state index contributed by atoms with van der Waals surface area (Å²) in [6.07, 6.45) is -2.24. The number of aliphatic hydroxyl groups is 1. The molecule has 0 spiro atoms. The number of nitrogens with zero attached hydrogens (tertiary/aromatic N) is 1. The molecule has 2 aliphatic carbocycles. The van der Waals surface area contributed by atoms with Gasteiger partial charge in [-0.3, -0.25) is 9.59 Å². The van der Waals surface area contributed by atoms with Crippen LogP contribution in [-0.4, -0.2) is 54.7 Å². The Balaban J connectivity index is 1.37. The van der Waals surface area contributed by atoms with E-state index in [1.165, 1.54) is 29.2 Å². The fraction of sp³-hybridized carbons (Fsp3) is 0.462. The van der Waals surface area contributed by atoms with E-state index >= 15 is 0 Å². The monoisotopic (exact) mass is 554 g/mol. The van der Waals surface area contributed by atoms with Crippen LogP contribution >= 0.6 is 0 Å². The van der Waals surface area contributed by atoms with Crippen molar-refractivity contribution in [2.75, 3.05) is 12.4 Å². The molecule has 0 aromatic heterocycles. The molecule has 2 aromatic rings. The van der Waals surface area contributed by atoms with Gasteiger partial charge < -0.3 is 15.3 Å². The van der Waals surface area contributed by atoms with E-state index in [0.717, 1.165) is 12.1 Å². The Morgan fingerprint density at radius 1 is 1.11 bits per heavy atom. The van der Waals surface area contributed by atoms with Crippen LogP contribution in [0.25, 0.3) is 0 Å². The third-order valence-electron chi connectivity index (χ3n) is 7.50. The number of aliphatic hydroxyl groups excluding tert-OH is 1. The lowest BCUT2D eigenvalue weighted by atomic mass is 9.99. The van der Waals surface area contributed by atoms with Gasteiger partial charge in [-0.05, 0) is 67.9 Å². The van der Waals surface area contributed by atoms with Gasteiger partial charge in [0.25, 0.3) is 5.91 Å². The molecule has 38 heavy (non-hydrogen) atoms. The summed E-state index contributed by atoms with van der Waals surface area (Å²) in [5.41, 5.74) is -1.06. The zero-order chi connectivity index (χ0) is 27.4. The molecule has 0 radical (unpaired) electrons. The summed E-state index contributed by atoms with van der Waals surface area (Å²) in [4.78, 5) is 28.2. The fourth-order valence-electron chi connectivity index (χ4n) is 5.28. The first-order valence-electron chi connectivity index (χ1n) is 12.3. The molecule has 5 rings (SSSR count). The lowest BCUT2D eigenvalue weighted by Crippen LogP contribution is -2.49. The Labute approximate surface area is 216 Å². The second-order valence-electron chi connectivity index (χ2n) is 10.2. The number of piperidine rings is 1. The number of benzene rings is 2. The van der Waals surface area contributed by atoms with Gasteiger partial charge >= 0.3 is 6.18 Å². The highest BCUT2D eigenvalue weighted by Gasteiger charge is 2.56. The summed E-state index contributed by atoms with van der Waals surface area (Å²) < 4.78 is 78.5. The largest absolute Gasteiger partial charge is 0.416 e. The topological polar surface area (TPSA) is 104 Å². The van der Waals surface area contributed by atoms with Gasteiger partial charge in [-0.25, -0.2) is 12.8 Å². The highest BCUT2D eigenvalue weighted by molar-refractivity contribution is 7.91. The van der Waals surface area contributed by atoms with E-state index in [9.17, 15) is 35.6 Å². The SMILES string of the molecule is O=C(N[C@@H](c1ccc(C(F)(F)F)cc1F)C1CC1)[C@H]1C[C@H]2C[C@H]2N1C(=O)c1cccc(S(=O)(=O)CCO)c1. The zero-order valence-electron chi connectivity index (χ0n) is 20.1. The van der Waals surface area contributed by atoms with Gasteiger partial charge in [0.05, 0.1) is 28.9 Å². The quantitative estimate of drug-likeness (QED) is 0.487. The minimum absolute atomic E-state index is 0.0309. The lowest BCUT2D eigenvalue weighted by molar-refractivity contribution is -0.137. The summed E-state index contributed by atoms with van der Waals surface area (Å²) in [7, 11) is -3.79. The van der Waals surface area contributed by atoms with E-state index in [1.54, 1.807) is 0 Å². The highest BCUT2D eigenvalue weighted by atomic mass is 32.2. The van der Waals surface area contributed by atoms with Gasteiger partial charge in [0, 0.05) is 17.2 Å². The second-order valence-corrected chi connectivity index (χ2v) is 12.3. The van der Waals surface area contributed by atoms with Gasteiger partial charge in [-0.15, -0.1) is 0 Å². The molecule has 204 valence electrons. The Morgan fingerprint density at radius 3 is 2.47 bits per heavy atom. The predicted molar refractivity (Wildman–Crippen MR) is 127 cm³/mol. The number of nitrogens with one attached hydrogen (secondary N) is 1. The van der Waals surface area contributed by atoms with E-state index in [1.807, 2.05) is 0 Å². The standard InChI is InChI=1S/C26H26F4N2O5S/c27-20-13-17(26(28,29)30)6-7-19(20)23(14-4-5-14)31-24(34)22-12-16-11-21(16)32(22)25(35)15-2-1-3-18(10-15)38(36,37)9-8-33/h1-3,6-7,10,13-14,16,21-23,33H,4-5,8-9,11-12H2,(H,31,34)/t16-,21-,22-,23-/m1/s1. The first-order valence-corrected chi connectivity index (χ1v) is 14.0. The van der Waals surface area contributed by atoms with Crippen LogP contribution in [0.1, 0.15) is 53.2 Å².